The molecule has 0 aromatic carbocycles. The van der Waals surface area contributed by atoms with Crippen LogP contribution in [0.25, 0.3) is 0 Å². The number of thiophene rings is 1. The zero-order valence-corrected chi connectivity index (χ0v) is 9.57. The first kappa shape index (κ1) is 10.7. The topological polar surface area (TPSA) is 54.4 Å². The third kappa shape index (κ3) is 2.23. The fourth-order valence-corrected chi connectivity index (χ4v) is 3.86. The van der Waals surface area contributed by atoms with Gasteiger partial charge in [0.1, 0.15) is 0 Å². The molecule has 1 aliphatic rings. The maximum absolute atomic E-state index is 12.0. The average molecular weight is 242 g/mol. The number of carboxylic acids is 1. The number of thioether (sulfide) groups is 1. The van der Waals surface area contributed by atoms with Gasteiger partial charge in [-0.2, -0.15) is 0 Å². The van der Waals surface area contributed by atoms with Gasteiger partial charge in [0.25, 0.3) is 0 Å². The van der Waals surface area contributed by atoms with E-state index in [0.717, 1.165) is 9.96 Å². The van der Waals surface area contributed by atoms with Crippen LogP contribution in [-0.4, -0.2) is 22.6 Å². The van der Waals surface area contributed by atoms with Gasteiger partial charge in [0.2, 0.25) is 0 Å². The molecule has 0 aliphatic carbocycles. The van der Waals surface area contributed by atoms with E-state index in [-0.39, 0.29) is 18.1 Å². The van der Waals surface area contributed by atoms with Crippen LogP contribution in [0.4, 0.5) is 0 Å². The molecule has 1 aromatic heterocycles. The van der Waals surface area contributed by atoms with Crippen molar-refractivity contribution >= 4 is 34.9 Å². The standard InChI is InChI=1S/C10H10O3S2/c11-8(12)5-6-1-3-14-10-7(9(6)13)2-4-15-10/h2,4,6H,1,3,5H2,(H,11,12). The molecule has 0 spiro atoms. The van der Waals surface area contributed by atoms with Gasteiger partial charge in [-0.15, -0.1) is 23.1 Å². The first-order valence-corrected chi connectivity index (χ1v) is 6.51. The van der Waals surface area contributed by atoms with Gasteiger partial charge in [-0.1, -0.05) is 0 Å². The zero-order valence-electron chi connectivity index (χ0n) is 7.93. The van der Waals surface area contributed by atoms with E-state index in [2.05, 4.69) is 0 Å². The number of carbonyl (C=O) groups excluding carboxylic acids is 1. The Labute approximate surface area is 95.5 Å². The maximum Gasteiger partial charge on any atom is 0.304 e. The second kappa shape index (κ2) is 4.37. The smallest absolute Gasteiger partial charge is 0.304 e. The molecule has 0 saturated carbocycles. The highest BCUT2D eigenvalue weighted by atomic mass is 32.2. The number of fused-ring (bicyclic) bond motifs is 1. The fourth-order valence-electron chi connectivity index (χ4n) is 1.64. The molecule has 2 rings (SSSR count). The van der Waals surface area contributed by atoms with E-state index in [1.807, 2.05) is 5.38 Å². The molecule has 5 heteroatoms. The third-order valence-corrected chi connectivity index (χ3v) is 4.66. The molecule has 0 saturated heterocycles. The van der Waals surface area contributed by atoms with E-state index in [4.69, 9.17) is 5.11 Å². The van der Waals surface area contributed by atoms with E-state index in [1.165, 1.54) is 0 Å². The Kier molecular flexibility index (Phi) is 3.11. The quantitative estimate of drug-likeness (QED) is 0.865. The SMILES string of the molecule is O=C(O)CC1CCSc2sccc2C1=O. The summed E-state index contributed by atoms with van der Waals surface area (Å²) in [6.07, 6.45) is 0.617. The normalized spacial score (nSPS) is 20.8. The molecule has 0 amide bonds. The summed E-state index contributed by atoms with van der Waals surface area (Å²) in [7, 11) is 0. The van der Waals surface area contributed by atoms with Crippen molar-refractivity contribution in [3.8, 4) is 0 Å². The van der Waals surface area contributed by atoms with Crippen LogP contribution in [0, 0.1) is 5.92 Å². The van der Waals surface area contributed by atoms with Gasteiger partial charge in [-0.25, -0.2) is 0 Å². The number of carboxylic acid groups (broad SMARTS) is 1. The number of hydrogen-bond donors (Lipinski definition) is 1. The Morgan fingerprint density at radius 2 is 2.40 bits per heavy atom. The van der Waals surface area contributed by atoms with Crippen LogP contribution in [0.1, 0.15) is 23.2 Å². The van der Waals surface area contributed by atoms with Crippen LogP contribution in [0.15, 0.2) is 15.7 Å². The Hall–Kier alpha value is -0.810. The number of ketones is 1. The van der Waals surface area contributed by atoms with Crippen molar-refractivity contribution < 1.29 is 14.7 Å². The monoisotopic (exact) mass is 242 g/mol. The van der Waals surface area contributed by atoms with Crippen LogP contribution >= 0.6 is 23.1 Å². The van der Waals surface area contributed by atoms with Gasteiger partial charge in [-0.05, 0) is 23.6 Å². The Morgan fingerprint density at radius 1 is 1.60 bits per heavy atom. The van der Waals surface area contributed by atoms with Gasteiger partial charge < -0.3 is 5.11 Å². The lowest BCUT2D eigenvalue weighted by Crippen LogP contribution is -2.17. The van der Waals surface area contributed by atoms with Gasteiger partial charge in [0.15, 0.2) is 5.78 Å². The lowest BCUT2D eigenvalue weighted by molar-refractivity contribution is -0.137. The minimum atomic E-state index is -0.892. The minimum Gasteiger partial charge on any atom is -0.481 e. The molecule has 0 radical (unpaired) electrons. The van der Waals surface area contributed by atoms with Crippen molar-refractivity contribution in [1.29, 1.82) is 0 Å². The van der Waals surface area contributed by atoms with Crippen molar-refractivity contribution in [3.63, 3.8) is 0 Å². The second-order valence-corrected chi connectivity index (χ2v) is 5.70. The summed E-state index contributed by atoms with van der Waals surface area (Å²) in [6, 6.07) is 1.80. The lowest BCUT2D eigenvalue weighted by atomic mass is 9.94. The summed E-state index contributed by atoms with van der Waals surface area (Å²) in [6.45, 7) is 0. The van der Waals surface area contributed by atoms with E-state index < -0.39 is 5.97 Å². The van der Waals surface area contributed by atoms with Crippen LogP contribution < -0.4 is 0 Å². The molecule has 1 N–H and O–H groups in total. The van der Waals surface area contributed by atoms with Gasteiger partial charge in [0, 0.05) is 11.5 Å². The molecule has 3 nitrogen and oxygen atoms in total. The van der Waals surface area contributed by atoms with Crippen LogP contribution in [0.5, 0.6) is 0 Å². The average Bonchev–Trinajstić information content (AvgIpc) is 2.58. The van der Waals surface area contributed by atoms with Gasteiger partial charge in [-0.3, -0.25) is 9.59 Å². The second-order valence-electron chi connectivity index (χ2n) is 3.42. The molecular weight excluding hydrogens is 232 g/mol. The summed E-state index contributed by atoms with van der Waals surface area (Å²) < 4.78 is 1.04. The fraction of sp³-hybridized carbons (Fsp3) is 0.400. The number of carbonyl (C=O) groups is 2. The van der Waals surface area contributed by atoms with Crippen LogP contribution in [0.3, 0.4) is 0 Å². The Balaban J connectivity index is 2.24. The van der Waals surface area contributed by atoms with Crippen molar-refractivity contribution in [2.24, 2.45) is 5.92 Å². The molecule has 0 bridgehead atoms. The summed E-state index contributed by atoms with van der Waals surface area (Å²) in [4.78, 5) is 22.6. The van der Waals surface area contributed by atoms with Crippen molar-refractivity contribution in [2.75, 3.05) is 5.75 Å². The number of Topliss-reactive ketones (excluding diaryl/α,β-unsaturated/α-hetero) is 1. The van der Waals surface area contributed by atoms with Crippen molar-refractivity contribution in [2.45, 2.75) is 17.1 Å². The highest BCUT2D eigenvalue weighted by Gasteiger charge is 2.28. The molecule has 2 heterocycles. The maximum atomic E-state index is 12.0. The molecule has 80 valence electrons. The van der Waals surface area contributed by atoms with Gasteiger partial charge in [0.05, 0.1) is 10.6 Å². The highest BCUT2D eigenvalue weighted by Crippen LogP contribution is 2.36. The molecule has 1 atom stereocenters. The van der Waals surface area contributed by atoms with E-state index in [0.29, 0.717) is 12.0 Å². The summed E-state index contributed by atoms with van der Waals surface area (Å²) >= 11 is 3.21. The molecule has 1 aliphatic heterocycles. The molecule has 1 aromatic rings. The Bertz CT molecular complexity index is 397. The van der Waals surface area contributed by atoms with Gasteiger partial charge >= 0.3 is 5.97 Å². The van der Waals surface area contributed by atoms with Crippen LogP contribution in [0.2, 0.25) is 0 Å². The van der Waals surface area contributed by atoms with Crippen LogP contribution in [-0.2, 0) is 4.79 Å². The summed E-state index contributed by atoms with van der Waals surface area (Å²) in [5, 5.41) is 10.6. The number of aliphatic carboxylic acids is 1. The molecule has 15 heavy (non-hydrogen) atoms. The molecule has 0 fully saturated rings. The first-order chi connectivity index (χ1) is 7.18. The Morgan fingerprint density at radius 3 is 3.13 bits per heavy atom. The molecule has 1 unspecified atom stereocenters. The number of rotatable bonds is 2. The summed E-state index contributed by atoms with van der Waals surface area (Å²) in [5.74, 6) is -0.404. The first-order valence-electron chi connectivity index (χ1n) is 4.65. The minimum absolute atomic E-state index is 0.00125. The van der Waals surface area contributed by atoms with E-state index >= 15 is 0 Å². The predicted octanol–water partition coefficient (Wildman–Crippen LogP) is 2.52. The zero-order chi connectivity index (χ0) is 10.8. The lowest BCUT2D eigenvalue weighted by Gasteiger charge is -2.08. The van der Waals surface area contributed by atoms with Crippen molar-refractivity contribution in [3.05, 3.63) is 17.0 Å². The highest BCUT2D eigenvalue weighted by molar-refractivity contribution is 8.01. The summed E-state index contributed by atoms with van der Waals surface area (Å²) in [5.41, 5.74) is 0.716. The van der Waals surface area contributed by atoms with E-state index in [1.54, 1.807) is 29.2 Å². The third-order valence-electron chi connectivity index (χ3n) is 2.39. The molecular formula is C10H10O3S2. The number of hydrogen-bond acceptors (Lipinski definition) is 4. The van der Waals surface area contributed by atoms with Crippen molar-refractivity contribution in [1.82, 2.24) is 0 Å². The predicted molar refractivity (Wildman–Crippen MR) is 59.7 cm³/mol. The largest absolute Gasteiger partial charge is 0.481 e. The van der Waals surface area contributed by atoms with E-state index in [9.17, 15) is 9.59 Å².